The van der Waals surface area contributed by atoms with E-state index in [1.54, 1.807) is 12.3 Å². The molecule has 1 aliphatic heterocycles. The number of nitrogens with zero attached hydrogens (tertiary/aromatic N) is 2. The zero-order chi connectivity index (χ0) is 16.1. The third kappa shape index (κ3) is 4.09. The topological polar surface area (TPSA) is 45.2 Å². The fourth-order valence-electron chi connectivity index (χ4n) is 2.98. The molecule has 2 heterocycles. The average molecular weight is 330 g/mol. The number of piperidine rings is 1. The van der Waals surface area contributed by atoms with E-state index in [2.05, 4.69) is 15.2 Å². The first-order valence-corrected chi connectivity index (χ1v) is 8.30. The minimum atomic E-state index is -0.125. The second kappa shape index (κ2) is 7.57. The summed E-state index contributed by atoms with van der Waals surface area (Å²) in [5, 5.41) is 3.53. The number of pyridine rings is 1. The summed E-state index contributed by atoms with van der Waals surface area (Å²) in [5.41, 5.74) is 1.80. The largest absolute Gasteiger partial charge is 0.323 e. The van der Waals surface area contributed by atoms with Crippen molar-refractivity contribution in [2.75, 3.05) is 11.9 Å². The fourth-order valence-corrected chi connectivity index (χ4v) is 3.16. The molecule has 1 fully saturated rings. The van der Waals surface area contributed by atoms with Crippen molar-refractivity contribution in [1.82, 2.24) is 9.88 Å². The number of para-hydroxylation sites is 1. The molecule has 0 bridgehead atoms. The lowest BCUT2D eigenvalue weighted by molar-refractivity contribution is -0.122. The maximum absolute atomic E-state index is 12.7. The molecule has 0 aliphatic carbocycles. The summed E-state index contributed by atoms with van der Waals surface area (Å²) in [4.78, 5) is 19.1. The van der Waals surface area contributed by atoms with Crippen LogP contribution in [-0.4, -0.2) is 28.4 Å². The number of rotatable bonds is 4. The van der Waals surface area contributed by atoms with E-state index in [1.807, 2.05) is 36.5 Å². The Morgan fingerprint density at radius 3 is 2.91 bits per heavy atom. The Hall–Kier alpha value is -1.91. The number of aromatic nitrogens is 1. The number of halogens is 1. The van der Waals surface area contributed by atoms with Crippen LogP contribution < -0.4 is 5.32 Å². The van der Waals surface area contributed by atoms with Gasteiger partial charge in [0.05, 0.1) is 16.8 Å². The van der Waals surface area contributed by atoms with E-state index in [0.717, 1.165) is 37.9 Å². The summed E-state index contributed by atoms with van der Waals surface area (Å²) in [6, 6.07) is 11.2. The molecule has 0 spiro atoms. The predicted molar refractivity (Wildman–Crippen MR) is 92.4 cm³/mol. The van der Waals surface area contributed by atoms with Crippen LogP contribution in [-0.2, 0) is 11.3 Å². The Labute approximate surface area is 141 Å². The van der Waals surface area contributed by atoms with Gasteiger partial charge in [0.1, 0.15) is 0 Å². The standard InChI is InChI=1S/C18H20ClN3O/c19-15-7-1-2-8-16(15)21-18(23)17-9-3-4-11-22(17)13-14-6-5-10-20-12-14/h1-2,5-8,10,12,17H,3-4,9,11,13H2,(H,21,23). The number of carbonyl (C=O) groups is 1. The maximum atomic E-state index is 12.7. The minimum Gasteiger partial charge on any atom is -0.323 e. The molecule has 23 heavy (non-hydrogen) atoms. The third-order valence-corrected chi connectivity index (χ3v) is 4.49. The molecule has 1 unspecified atom stereocenters. The molecule has 0 radical (unpaired) electrons. The lowest BCUT2D eigenvalue weighted by Gasteiger charge is -2.34. The Balaban J connectivity index is 1.70. The van der Waals surface area contributed by atoms with E-state index in [1.165, 1.54) is 0 Å². The first-order valence-electron chi connectivity index (χ1n) is 7.92. The second-order valence-corrected chi connectivity index (χ2v) is 6.22. The van der Waals surface area contributed by atoms with Crippen LogP contribution in [0.4, 0.5) is 5.69 Å². The van der Waals surface area contributed by atoms with Gasteiger partial charge in [-0.1, -0.05) is 36.2 Å². The zero-order valence-electron chi connectivity index (χ0n) is 12.9. The number of hydrogen-bond donors (Lipinski definition) is 1. The molecular formula is C18H20ClN3O. The van der Waals surface area contributed by atoms with E-state index in [9.17, 15) is 4.79 Å². The van der Waals surface area contributed by atoms with E-state index in [0.29, 0.717) is 10.7 Å². The highest BCUT2D eigenvalue weighted by Crippen LogP contribution is 2.24. The van der Waals surface area contributed by atoms with E-state index >= 15 is 0 Å². The number of amides is 1. The number of carbonyl (C=O) groups excluding carboxylic acids is 1. The van der Waals surface area contributed by atoms with Gasteiger partial charge in [-0.15, -0.1) is 0 Å². The minimum absolute atomic E-state index is 0.0155. The highest BCUT2D eigenvalue weighted by Gasteiger charge is 2.29. The molecule has 5 heteroatoms. The first kappa shape index (κ1) is 16.0. The van der Waals surface area contributed by atoms with Crippen molar-refractivity contribution in [3.63, 3.8) is 0 Å². The number of nitrogens with one attached hydrogen (secondary N) is 1. The molecule has 120 valence electrons. The van der Waals surface area contributed by atoms with Crippen molar-refractivity contribution in [3.8, 4) is 0 Å². The molecule has 4 nitrogen and oxygen atoms in total. The fraction of sp³-hybridized carbons (Fsp3) is 0.333. The van der Waals surface area contributed by atoms with Crippen LogP contribution in [0.2, 0.25) is 5.02 Å². The van der Waals surface area contributed by atoms with Crippen molar-refractivity contribution in [1.29, 1.82) is 0 Å². The van der Waals surface area contributed by atoms with Gasteiger partial charge in [-0.25, -0.2) is 0 Å². The summed E-state index contributed by atoms with van der Waals surface area (Å²) in [6.45, 7) is 1.67. The van der Waals surface area contributed by atoms with Crippen LogP contribution in [0, 0.1) is 0 Å². The summed E-state index contributed by atoms with van der Waals surface area (Å²) in [6.07, 6.45) is 6.69. The molecule has 0 saturated carbocycles. The summed E-state index contributed by atoms with van der Waals surface area (Å²) >= 11 is 6.14. The molecule has 1 atom stereocenters. The molecule has 1 aromatic carbocycles. The van der Waals surface area contributed by atoms with Gasteiger partial charge in [-0.2, -0.15) is 0 Å². The highest BCUT2D eigenvalue weighted by molar-refractivity contribution is 6.33. The van der Waals surface area contributed by atoms with Gasteiger partial charge < -0.3 is 5.32 Å². The van der Waals surface area contributed by atoms with Crippen LogP contribution in [0.5, 0.6) is 0 Å². The quantitative estimate of drug-likeness (QED) is 0.929. The van der Waals surface area contributed by atoms with Gasteiger partial charge in [0, 0.05) is 18.9 Å². The molecule has 2 aromatic rings. The highest BCUT2D eigenvalue weighted by atomic mass is 35.5. The van der Waals surface area contributed by atoms with Crippen LogP contribution in [0.1, 0.15) is 24.8 Å². The second-order valence-electron chi connectivity index (χ2n) is 5.81. The number of hydrogen-bond acceptors (Lipinski definition) is 3. The lowest BCUT2D eigenvalue weighted by atomic mass is 10.0. The van der Waals surface area contributed by atoms with Crippen LogP contribution in [0.15, 0.2) is 48.8 Å². The van der Waals surface area contributed by atoms with Crippen LogP contribution >= 0.6 is 11.6 Å². The molecule has 1 aromatic heterocycles. The third-order valence-electron chi connectivity index (χ3n) is 4.16. The van der Waals surface area contributed by atoms with Crippen molar-refractivity contribution >= 4 is 23.2 Å². The maximum Gasteiger partial charge on any atom is 0.241 e. The summed E-state index contributed by atoms with van der Waals surface area (Å²) in [7, 11) is 0. The van der Waals surface area contributed by atoms with Gasteiger partial charge in [0.2, 0.25) is 5.91 Å². The van der Waals surface area contributed by atoms with Gasteiger partial charge in [-0.3, -0.25) is 14.7 Å². The summed E-state index contributed by atoms with van der Waals surface area (Å²) in [5.74, 6) is 0.0155. The van der Waals surface area contributed by atoms with Crippen molar-refractivity contribution in [3.05, 3.63) is 59.4 Å². The molecule has 1 amide bonds. The van der Waals surface area contributed by atoms with Gasteiger partial charge in [-0.05, 0) is 43.1 Å². The lowest BCUT2D eigenvalue weighted by Crippen LogP contribution is -2.46. The average Bonchev–Trinajstić information content (AvgIpc) is 2.58. The Morgan fingerprint density at radius 2 is 2.13 bits per heavy atom. The molecule has 1 saturated heterocycles. The molecule has 3 rings (SSSR count). The SMILES string of the molecule is O=C(Nc1ccccc1Cl)C1CCCCN1Cc1cccnc1. The van der Waals surface area contributed by atoms with Crippen LogP contribution in [0.3, 0.4) is 0 Å². The first-order chi connectivity index (χ1) is 11.2. The zero-order valence-corrected chi connectivity index (χ0v) is 13.7. The predicted octanol–water partition coefficient (Wildman–Crippen LogP) is 3.73. The Kier molecular flexibility index (Phi) is 5.26. The Morgan fingerprint density at radius 1 is 1.26 bits per heavy atom. The van der Waals surface area contributed by atoms with E-state index < -0.39 is 0 Å². The van der Waals surface area contributed by atoms with Crippen molar-refractivity contribution in [2.24, 2.45) is 0 Å². The normalized spacial score (nSPS) is 18.6. The van der Waals surface area contributed by atoms with Gasteiger partial charge >= 0.3 is 0 Å². The molecular weight excluding hydrogens is 310 g/mol. The Bertz CT molecular complexity index is 662. The number of likely N-dealkylation sites (tertiary alicyclic amines) is 1. The number of benzene rings is 1. The van der Waals surface area contributed by atoms with Crippen LogP contribution in [0.25, 0.3) is 0 Å². The van der Waals surface area contributed by atoms with Crippen molar-refractivity contribution < 1.29 is 4.79 Å². The van der Waals surface area contributed by atoms with Gasteiger partial charge in [0.15, 0.2) is 0 Å². The monoisotopic (exact) mass is 329 g/mol. The number of anilines is 1. The van der Waals surface area contributed by atoms with E-state index in [4.69, 9.17) is 11.6 Å². The summed E-state index contributed by atoms with van der Waals surface area (Å²) < 4.78 is 0. The van der Waals surface area contributed by atoms with Gasteiger partial charge in [0.25, 0.3) is 0 Å². The molecule has 1 N–H and O–H groups in total. The molecule has 1 aliphatic rings. The van der Waals surface area contributed by atoms with E-state index in [-0.39, 0.29) is 11.9 Å². The smallest absolute Gasteiger partial charge is 0.241 e. The van der Waals surface area contributed by atoms with Crippen molar-refractivity contribution in [2.45, 2.75) is 31.8 Å².